The first-order valence-corrected chi connectivity index (χ1v) is 28.8. The van der Waals surface area contributed by atoms with Crippen LogP contribution in [-0.2, 0) is 44.7 Å². The number of phenols is 1. The lowest BCUT2D eigenvalue weighted by Crippen LogP contribution is -2.71. The molecule has 4 heterocycles. The van der Waals surface area contributed by atoms with Gasteiger partial charge < -0.3 is 55.8 Å². The Labute approximate surface area is 468 Å². The number of rotatable bonds is 15. The van der Waals surface area contributed by atoms with Crippen molar-refractivity contribution < 1.29 is 63.8 Å². The molecule has 5 rings (SSSR count). The molecule has 0 aromatic heterocycles. The van der Waals surface area contributed by atoms with E-state index in [1.165, 1.54) is 24.1 Å². The number of piperidine rings is 1. The summed E-state index contributed by atoms with van der Waals surface area (Å²) in [5.41, 5.74) is 3.89. The largest absolute Gasteiger partial charge is 0.508 e. The van der Waals surface area contributed by atoms with Gasteiger partial charge in [-0.25, -0.2) is 5.43 Å². The van der Waals surface area contributed by atoms with Gasteiger partial charge in [-0.2, -0.15) is 0 Å². The average Bonchev–Trinajstić information content (AvgIpc) is 3.60. The maximum Gasteiger partial charge on any atom is 0.325 e. The molecule has 1 aromatic rings. The number of hydrogen-bond acceptors (Lipinski definition) is 14. The highest BCUT2D eigenvalue weighted by Gasteiger charge is 2.57. The lowest BCUT2D eigenvalue weighted by molar-refractivity contribution is -0.267. The third-order valence-corrected chi connectivity index (χ3v) is 17.2. The number of Topliss-reactive ketones (excluding diaryl/α,β-unsaturated/α-hetero) is 1. The minimum atomic E-state index is -1.44. The first-order chi connectivity index (χ1) is 37.3. The van der Waals surface area contributed by atoms with Crippen LogP contribution in [0.5, 0.6) is 5.75 Å². The summed E-state index contributed by atoms with van der Waals surface area (Å²) in [6.45, 7) is 20.0. The molecule has 0 aliphatic carbocycles. The summed E-state index contributed by atoms with van der Waals surface area (Å²) in [6.07, 6.45) is 10.6. The highest BCUT2D eigenvalue weighted by Crippen LogP contribution is 2.46. The van der Waals surface area contributed by atoms with E-state index in [9.17, 15) is 54.3 Å². The van der Waals surface area contributed by atoms with Crippen LogP contribution in [0.2, 0.25) is 0 Å². The molecule has 79 heavy (non-hydrogen) atoms. The number of carbonyl (C=O) groups is 6. The highest BCUT2D eigenvalue weighted by molar-refractivity contribution is 5.93. The van der Waals surface area contributed by atoms with Gasteiger partial charge >= 0.3 is 5.97 Å². The van der Waals surface area contributed by atoms with Crippen molar-refractivity contribution in [3.8, 4) is 5.75 Å². The topological polar surface area (TPSA) is 273 Å². The molecule has 4 amide bonds. The maximum absolute atomic E-state index is 14.6. The number of carbonyl (C=O) groups excluding carboxylic acids is 6. The molecule has 3 fully saturated rings. The van der Waals surface area contributed by atoms with Crippen molar-refractivity contribution in [2.24, 2.45) is 47.3 Å². The van der Waals surface area contributed by atoms with E-state index in [2.05, 4.69) is 28.3 Å². The van der Waals surface area contributed by atoms with E-state index >= 15 is 0 Å². The summed E-state index contributed by atoms with van der Waals surface area (Å²) < 4.78 is 12.9. The number of nitrogens with one attached hydrogen (secondary N) is 4. The summed E-state index contributed by atoms with van der Waals surface area (Å²) in [7, 11) is 0. The van der Waals surface area contributed by atoms with Crippen LogP contribution in [0.3, 0.4) is 0 Å². The number of aliphatic hydroxyl groups is 4. The molecule has 1 unspecified atom stereocenters. The van der Waals surface area contributed by atoms with E-state index in [1.807, 2.05) is 52.8 Å². The summed E-state index contributed by atoms with van der Waals surface area (Å²) >= 11 is 0. The van der Waals surface area contributed by atoms with E-state index in [0.717, 1.165) is 6.42 Å². The summed E-state index contributed by atoms with van der Waals surface area (Å²) in [5.74, 6) is -6.29. The van der Waals surface area contributed by atoms with E-state index in [0.29, 0.717) is 55.2 Å². The Hall–Kier alpha value is -5.24. The quantitative estimate of drug-likeness (QED) is 0.0752. The third kappa shape index (κ3) is 16.9. The number of fused-ring (bicyclic) bond motifs is 2. The molecule has 1 aromatic carbocycles. The Kier molecular flexibility index (Phi) is 24.1. The zero-order valence-corrected chi connectivity index (χ0v) is 48.5. The van der Waals surface area contributed by atoms with Crippen LogP contribution in [0.4, 0.5) is 0 Å². The highest BCUT2D eigenvalue weighted by atomic mass is 16.5. The number of hydrogen-bond donors (Lipinski definition) is 9. The molecule has 18 heteroatoms. The number of allylic oxidation sites excluding steroid dienone is 5. The van der Waals surface area contributed by atoms with Gasteiger partial charge in [0, 0.05) is 61.8 Å². The van der Waals surface area contributed by atoms with E-state index in [4.69, 9.17) is 9.47 Å². The monoisotopic (exact) mass is 1100 g/mol. The van der Waals surface area contributed by atoms with Gasteiger partial charge in [0.05, 0.1) is 36.4 Å². The smallest absolute Gasteiger partial charge is 0.325 e. The van der Waals surface area contributed by atoms with Crippen molar-refractivity contribution in [2.45, 2.75) is 207 Å². The number of cyclic esters (lactones) is 1. The molecule has 18 nitrogen and oxygen atoms in total. The van der Waals surface area contributed by atoms with Crippen LogP contribution in [0.25, 0.3) is 0 Å². The van der Waals surface area contributed by atoms with Gasteiger partial charge in [0.25, 0.3) is 5.91 Å². The van der Waals surface area contributed by atoms with Crippen LogP contribution in [0, 0.1) is 54.3 Å². The Balaban J connectivity index is 1.36. The van der Waals surface area contributed by atoms with Crippen molar-refractivity contribution in [1.29, 1.82) is 0 Å². The minimum absolute atomic E-state index is 0.000388. The number of hydrazine groups is 1. The molecule has 0 saturated carbocycles. The second-order valence-electron chi connectivity index (χ2n) is 23.6. The van der Waals surface area contributed by atoms with Gasteiger partial charge in [0.15, 0.2) is 0 Å². The van der Waals surface area contributed by atoms with Crippen LogP contribution in [0.1, 0.15) is 145 Å². The SMILES string of the molecule is CC[C@H]1C[C@H](C)[C@@]2(NC1=O)O[C@@H](C[C@H](O)[C@@H](C)CCC=CC=C(C)[C@@H]1CC=CC=C[C@H](O)[C@H](C)[C@@H](O)[C@@H](CCC(C)=O)C(=O)N[C@@H](C(C)C)C(=O)N[C@@H](Cc3ccc(C)c(O)c3)C(=O)N3CCCC(N3)C(=O)O1)[C@H](C)[C@H](O)[C@@H]2C. The fourth-order valence-electron chi connectivity index (χ4n) is 11.4. The number of esters is 1. The predicted octanol–water partition coefficient (Wildman–Crippen LogP) is 5.72. The summed E-state index contributed by atoms with van der Waals surface area (Å²) in [5, 5.41) is 66.4. The maximum atomic E-state index is 14.6. The molecule has 440 valence electrons. The normalized spacial score (nSPS) is 33.8. The van der Waals surface area contributed by atoms with Crippen molar-refractivity contribution in [1.82, 2.24) is 26.4 Å². The van der Waals surface area contributed by atoms with Gasteiger partial charge in [0.2, 0.25) is 17.7 Å². The third-order valence-electron chi connectivity index (χ3n) is 17.2. The average molecular weight is 1100 g/mol. The Morgan fingerprint density at radius 1 is 0.949 bits per heavy atom. The van der Waals surface area contributed by atoms with Crippen molar-refractivity contribution >= 4 is 35.4 Å². The lowest BCUT2D eigenvalue weighted by atomic mass is 9.69. The first-order valence-electron chi connectivity index (χ1n) is 28.8. The molecule has 3 saturated heterocycles. The zero-order valence-electron chi connectivity index (χ0n) is 48.5. The van der Waals surface area contributed by atoms with Crippen molar-refractivity contribution in [3.05, 3.63) is 77.4 Å². The van der Waals surface area contributed by atoms with Crippen LogP contribution < -0.4 is 21.4 Å². The molecule has 4 aliphatic heterocycles. The molecule has 9 N–H and O–H groups in total. The number of aryl methyl sites for hydroxylation is 1. The number of amides is 4. The molecule has 17 atom stereocenters. The Morgan fingerprint density at radius 3 is 2.34 bits per heavy atom. The zero-order chi connectivity index (χ0) is 58.5. The second kappa shape index (κ2) is 29.5. The standard InChI is InChI=1S/C61H93N5O13/c1-12-44-30-38(7)61(64-56(44)73)42(11)54(71)41(10)52(79-61)33-50(70)35(4)20-15-13-16-21-37(6)51-24-18-14-17-23-48(68)40(9)55(72)45(28-26-39(8)67)57(74)63-53(34(2)3)58(75)62-47(31-43-27-25-36(5)49(69)32-43)59(76)66-29-19-22-46(65-66)60(77)78-51/h13-14,16-18,21,23,25,27,32,34-35,38,40-42,44-48,50-55,65,68-72H,12,15,19-20,22,24,26,28-31,33H2,1-11H3,(H,62,75)(H,63,74)(H,64,73)/t35-,38-,40-,41-,42-,44-,45+,46?,47-,48-,50-,51-,52-,53-,54-,55+,61+/m0/s1. The van der Waals surface area contributed by atoms with Crippen molar-refractivity contribution in [2.75, 3.05) is 6.54 Å². The van der Waals surface area contributed by atoms with Gasteiger partial charge in [-0.05, 0) is 100 Å². The molecule has 2 bridgehead atoms. The van der Waals surface area contributed by atoms with Crippen LogP contribution in [-0.4, -0.2) is 133 Å². The summed E-state index contributed by atoms with van der Waals surface area (Å²) in [6, 6.07) is 1.57. The Bertz CT molecular complexity index is 2390. The van der Waals surface area contributed by atoms with Crippen LogP contribution >= 0.6 is 0 Å². The van der Waals surface area contributed by atoms with E-state index in [-0.39, 0.29) is 79.3 Å². The number of benzene rings is 1. The lowest BCUT2D eigenvalue weighted by Gasteiger charge is -2.56. The second-order valence-corrected chi connectivity index (χ2v) is 23.6. The molecule has 4 aliphatic rings. The number of aromatic hydroxyl groups is 1. The fourth-order valence-corrected chi connectivity index (χ4v) is 11.4. The van der Waals surface area contributed by atoms with E-state index < -0.39 is 102 Å². The van der Waals surface area contributed by atoms with Gasteiger partial charge in [-0.3, -0.25) is 29.0 Å². The fraction of sp³-hybridized carbons (Fsp3) is 0.672. The number of ketones is 1. The van der Waals surface area contributed by atoms with Crippen molar-refractivity contribution in [3.63, 3.8) is 0 Å². The molecule has 0 radical (unpaired) electrons. The first kappa shape index (κ1) is 64.6. The minimum Gasteiger partial charge on any atom is -0.508 e. The number of nitrogens with zero attached hydrogens (tertiary/aromatic N) is 1. The molecule has 1 spiro atoms. The van der Waals surface area contributed by atoms with Gasteiger partial charge in [-0.1, -0.05) is 110 Å². The number of ether oxygens (including phenoxy) is 2. The Morgan fingerprint density at radius 2 is 1.67 bits per heavy atom. The summed E-state index contributed by atoms with van der Waals surface area (Å²) in [4.78, 5) is 82.4. The van der Waals surface area contributed by atoms with Gasteiger partial charge in [-0.15, -0.1) is 0 Å². The molecular weight excluding hydrogens is 1010 g/mol. The number of phenolic OH excluding ortho intramolecular Hbond substituents is 1. The number of aliphatic hydroxyl groups excluding tert-OH is 4. The van der Waals surface area contributed by atoms with Crippen LogP contribution in [0.15, 0.2) is 66.3 Å². The predicted molar refractivity (Wildman–Crippen MR) is 300 cm³/mol. The van der Waals surface area contributed by atoms with Gasteiger partial charge in [0.1, 0.15) is 41.5 Å². The molecular formula is C61H93N5O13. The van der Waals surface area contributed by atoms with E-state index in [1.54, 1.807) is 58.1 Å².